The molecular formula is C16H14F3N3O2S3. The van der Waals surface area contributed by atoms with Crippen LogP contribution in [0.5, 0.6) is 0 Å². The Morgan fingerprint density at radius 2 is 2.11 bits per heavy atom. The minimum atomic E-state index is -4.49. The quantitative estimate of drug-likeness (QED) is 0.749. The number of rotatable bonds is 6. The van der Waals surface area contributed by atoms with Crippen molar-refractivity contribution in [2.45, 2.75) is 24.4 Å². The summed E-state index contributed by atoms with van der Waals surface area (Å²) in [6.45, 7) is -1.10. The second kappa shape index (κ2) is 8.44. The normalized spacial score (nSPS) is 19.1. The molecule has 1 aliphatic heterocycles. The lowest BCUT2D eigenvalue weighted by molar-refractivity contribution is -0.139. The smallest absolute Gasteiger partial charge is 0.347 e. The van der Waals surface area contributed by atoms with E-state index in [2.05, 4.69) is 4.99 Å². The number of carbonyl (C=O) groups excluding carboxylic acids is 2. The molecule has 0 aliphatic carbocycles. The number of aliphatic imine (C=N–C) groups is 1. The molecule has 2 amide bonds. The molecule has 11 heteroatoms. The number of hydrogen-bond acceptors (Lipinski definition) is 6. The van der Waals surface area contributed by atoms with Crippen molar-refractivity contribution in [2.24, 2.45) is 4.99 Å². The molecule has 0 radical (unpaired) electrons. The van der Waals surface area contributed by atoms with Gasteiger partial charge in [0.15, 0.2) is 5.17 Å². The Kier molecular flexibility index (Phi) is 6.22. The molecule has 0 aromatic carbocycles. The van der Waals surface area contributed by atoms with E-state index in [1.165, 1.54) is 27.6 Å². The molecule has 0 spiro atoms. The number of amides is 2. The minimum absolute atomic E-state index is 0.313. The number of alkyl halides is 3. The Morgan fingerprint density at radius 1 is 1.30 bits per heavy atom. The average Bonchev–Trinajstić information content (AvgIpc) is 3.33. The summed E-state index contributed by atoms with van der Waals surface area (Å²) in [5.74, 6) is -1.14. The maximum absolute atomic E-state index is 12.7. The summed E-state index contributed by atoms with van der Waals surface area (Å²) >= 11 is 4.05. The van der Waals surface area contributed by atoms with Gasteiger partial charge in [-0.25, -0.2) is 4.99 Å². The van der Waals surface area contributed by atoms with Crippen LogP contribution in [0.2, 0.25) is 0 Å². The van der Waals surface area contributed by atoms with E-state index in [0.717, 1.165) is 16.6 Å². The van der Waals surface area contributed by atoms with Gasteiger partial charge in [0.25, 0.3) is 0 Å². The summed E-state index contributed by atoms with van der Waals surface area (Å²) in [7, 11) is 0. The second-order valence-corrected chi connectivity index (χ2v) is 8.56. The molecular weight excluding hydrogens is 419 g/mol. The van der Waals surface area contributed by atoms with E-state index >= 15 is 0 Å². The van der Waals surface area contributed by atoms with Crippen molar-refractivity contribution in [3.63, 3.8) is 0 Å². The standard InChI is InChI=1S/C16H14F3N3O2S3/c17-16(18,19)9-20-13(23)6-12-14(24)22(7-11-2-1-4-26-11)15(27-12)21-10-3-5-25-8-10/h1-5,8,12H,6-7,9H2,(H,20,23). The zero-order chi connectivity index (χ0) is 19.4. The Labute approximate surface area is 165 Å². The third-order valence-electron chi connectivity index (χ3n) is 3.50. The number of thiophene rings is 2. The highest BCUT2D eigenvalue weighted by Crippen LogP contribution is 2.33. The first kappa shape index (κ1) is 19.9. The van der Waals surface area contributed by atoms with Crippen molar-refractivity contribution in [1.82, 2.24) is 10.2 Å². The van der Waals surface area contributed by atoms with Gasteiger partial charge in [-0.2, -0.15) is 24.5 Å². The largest absolute Gasteiger partial charge is 0.405 e. The molecule has 0 saturated carbocycles. The van der Waals surface area contributed by atoms with Gasteiger partial charge in [0, 0.05) is 16.7 Å². The molecule has 144 valence electrons. The van der Waals surface area contributed by atoms with Gasteiger partial charge in [-0.1, -0.05) is 17.8 Å². The molecule has 1 N–H and O–H groups in total. The van der Waals surface area contributed by atoms with E-state index in [1.54, 1.807) is 11.4 Å². The lowest BCUT2D eigenvalue weighted by Gasteiger charge is -2.15. The van der Waals surface area contributed by atoms with Gasteiger partial charge in [-0.05, 0) is 22.9 Å². The topological polar surface area (TPSA) is 61.8 Å². The summed E-state index contributed by atoms with van der Waals surface area (Å²) < 4.78 is 36.7. The van der Waals surface area contributed by atoms with Gasteiger partial charge in [0.05, 0.1) is 12.2 Å². The molecule has 1 aliphatic rings. The van der Waals surface area contributed by atoms with Crippen LogP contribution in [0.15, 0.2) is 39.3 Å². The number of hydrogen-bond donors (Lipinski definition) is 1. The Morgan fingerprint density at radius 3 is 2.74 bits per heavy atom. The number of halogens is 3. The molecule has 5 nitrogen and oxygen atoms in total. The lowest BCUT2D eigenvalue weighted by Crippen LogP contribution is -2.37. The molecule has 1 saturated heterocycles. The van der Waals surface area contributed by atoms with E-state index in [1.807, 2.05) is 28.3 Å². The third kappa shape index (κ3) is 5.56. The summed E-state index contributed by atoms with van der Waals surface area (Å²) in [6.07, 6.45) is -4.82. The third-order valence-corrected chi connectivity index (χ3v) is 6.21. The van der Waals surface area contributed by atoms with Crippen molar-refractivity contribution < 1.29 is 22.8 Å². The highest BCUT2D eigenvalue weighted by molar-refractivity contribution is 8.15. The van der Waals surface area contributed by atoms with Crippen LogP contribution in [-0.4, -0.2) is 39.9 Å². The number of carbonyl (C=O) groups is 2. The van der Waals surface area contributed by atoms with Crippen LogP contribution < -0.4 is 5.32 Å². The minimum Gasteiger partial charge on any atom is -0.347 e. The molecule has 1 fully saturated rings. The first-order valence-electron chi connectivity index (χ1n) is 7.76. The fourth-order valence-electron chi connectivity index (χ4n) is 2.30. The Hall–Kier alpha value is -1.85. The second-order valence-electron chi connectivity index (χ2n) is 5.58. The predicted molar refractivity (Wildman–Crippen MR) is 101 cm³/mol. The molecule has 0 bridgehead atoms. The monoisotopic (exact) mass is 433 g/mol. The summed E-state index contributed by atoms with van der Waals surface area (Å²) in [5, 5.41) is 7.02. The molecule has 2 aromatic rings. The van der Waals surface area contributed by atoms with Crippen molar-refractivity contribution in [3.05, 3.63) is 39.2 Å². The van der Waals surface area contributed by atoms with Crippen LogP contribution in [0, 0.1) is 0 Å². The maximum atomic E-state index is 12.7. The van der Waals surface area contributed by atoms with Crippen LogP contribution in [0.4, 0.5) is 18.9 Å². The zero-order valence-electron chi connectivity index (χ0n) is 13.7. The molecule has 2 aromatic heterocycles. The highest BCUT2D eigenvalue weighted by atomic mass is 32.2. The van der Waals surface area contributed by atoms with E-state index in [-0.39, 0.29) is 12.3 Å². The Balaban J connectivity index is 1.73. The van der Waals surface area contributed by atoms with Crippen LogP contribution in [-0.2, 0) is 16.1 Å². The van der Waals surface area contributed by atoms with Gasteiger partial charge < -0.3 is 5.32 Å². The van der Waals surface area contributed by atoms with E-state index in [9.17, 15) is 22.8 Å². The predicted octanol–water partition coefficient (Wildman–Crippen LogP) is 4.01. The summed E-state index contributed by atoms with van der Waals surface area (Å²) in [6, 6.07) is 5.55. The fourth-order valence-corrected chi connectivity index (χ4v) is 4.72. The van der Waals surface area contributed by atoms with E-state index in [4.69, 9.17) is 0 Å². The number of thioether (sulfide) groups is 1. The number of amidine groups is 1. The van der Waals surface area contributed by atoms with E-state index in [0.29, 0.717) is 17.4 Å². The molecule has 1 unspecified atom stereocenters. The van der Waals surface area contributed by atoms with Gasteiger partial charge in [0.2, 0.25) is 11.8 Å². The van der Waals surface area contributed by atoms with Crippen LogP contribution in [0.25, 0.3) is 0 Å². The van der Waals surface area contributed by atoms with Crippen molar-refractivity contribution in [2.75, 3.05) is 6.54 Å². The van der Waals surface area contributed by atoms with Crippen LogP contribution in [0.3, 0.4) is 0 Å². The zero-order valence-corrected chi connectivity index (χ0v) is 16.2. The van der Waals surface area contributed by atoms with Crippen LogP contribution in [0.1, 0.15) is 11.3 Å². The van der Waals surface area contributed by atoms with Gasteiger partial charge in [-0.15, -0.1) is 11.3 Å². The average molecular weight is 434 g/mol. The lowest BCUT2D eigenvalue weighted by atomic mass is 10.2. The van der Waals surface area contributed by atoms with Crippen molar-refractivity contribution in [1.29, 1.82) is 0 Å². The first-order chi connectivity index (χ1) is 12.8. The SMILES string of the molecule is O=C(CC1SC(=Nc2ccsc2)N(Cc2cccs2)C1=O)NCC(F)(F)F. The fraction of sp³-hybridized carbons (Fsp3) is 0.312. The molecule has 27 heavy (non-hydrogen) atoms. The molecule has 3 heterocycles. The first-order valence-corrected chi connectivity index (χ1v) is 10.5. The van der Waals surface area contributed by atoms with Gasteiger partial charge in [-0.3, -0.25) is 14.5 Å². The van der Waals surface area contributed by atoms with Gasteiger partial charge >= 0.3 is 6.18 Å². The highest BCUT2D eigenvalue weighted by Gasteiger charge is 2.39. The summed E-state index contributed by atoms with van der Waals surface area (Å²) in [5.41, 5.74) is 0.689. The van der Waals surface area contributed by atoms with Crippen molar-refractivity contribution in [3.8, 4) is 0 Å². The van der Waals surface area contributed by atoms with Crippen molar-refractivity contribution >= 4 is 57.1 Å². The Bertz CT molecular complexity index is 820. The van der Waals surface area contributed by atoms with Crippen LogP contribution >= 0.6 is 34.4 Å². The maximum Gasteiger partial charge on any atom is 0.405 e. The number of nitrogens with one attached hydrogen (secondary N) is 1. The van der Waals surface area contributed by atoms with Gasteiger partial charge in [0.1, 0.15) is 11.8 Å². The molecule has 3 rings (SSSR count). The van der Waals surface area contributed by atoms with E-state index < -0.39 is 23.9 Å². The number of nitrogens with zero attached hydrogens (tertiary/aromatic N) is 2. The summed E-state index contributed by atoms with van der Waals surface area (Å²) in [4.78, 5) is 31.4. The molecule has 1 atom stereocenters.